The zero-order valence-electron chi connectivity index (χ0n) is 13.2. The Morgan fingerprint density at radius 1 is 1.19 bits per heavy atom. The zero-order valence-corrected chi connectivity index (χ0v) is 13.2. The molecular formula is C16H25N3O2. The molecule has 21 heavy (non-hydrogen) atoms. The van der Waals surface area contributed by atoms with Crippen LogP contribution in [0.5, 0.6) is 0 Å². The van der Waals surface area contributed by atoms with E-state index in [0.29, 0.717) is 18.7 Å². The summed E-state index contributed by atoms with van der Waals surface area (Å²) in [4.78, 5) is 23.5. The van der Waals surface area contributed by atoms with Crippen molar-refractivity contribution in [3.63, 3.8) is 0 Å². The van der Waals surface area contributed by atoms with Gasteiger partial charge in [0.1, 0.15) is 0 Å². The number of amides is 2. The fourth-order valence-corrected chi connectivity index (χ4v) is 1.76. The summed E-state index contributed by atoms with van der Waals surface area (Å²) in [6, 6.07) is 6.64. The second-order valence-electron chi connectivity index (χ2n) is 6.16. The largest absolute Gasteiger partial charge is 0.356 e. The lowest BCUT2D eigenvalue weighted by Crippen LogP contribution is -2.45. The molecule has 5 heteroatoms. The molecule has 5 nitrogen and oxygen atoms in total. The highest BCUT2D eigenvalue weighted by molar-refractivity contribution is 5.95. The Kier molecular flexibility index (Phi) is 5.90. The smallest absolute Gasteiger partial charge is 0.241 e. The van der Waals surface area contributed by atoms with Crippen molar-refractivity contribution in [3.05, 3.63) is 29.8 Å². The van der Waals surface area contributed by atoms with Gasteiger partial charge < -0.3 is 16.4 Å². The highest BCUT2D eigenvalue weighted by Gasteiger charge is 2.27. The number of nitrogens with one attached hydrogen (secondary N) is 2. The van der Waals surface area contributed by atoms with Crippen molar-refractivity contribution < 1.29 is 9.59 Å². The molecule has 0 aliphatic rings. The van der Waals surface area contributed by atoms with Crippen molar-refractivity contribution in [3.8, 4) is 0 Å². The van der Waals surface area contributed by atoms with Crippen LogP contribution in [0.1, 0.15) is 33.3 Å². The summed E-state index contributed by atoms with van der Waals surface area (Å²) in [7, 11) is 0. The van der Waals surface area contributed by atoms with Gasteiger partial charge >= 0.3 is 0 Å². The zero-order chi connectivity index (χ0) is 16.0. The van der Waals surface area contributed by atoms with Crippen LogP contribution in [-0.4, -0.2) is 24.4 Å². The lowest BCUT2D eigenvalue weighted by atomic mass is 9.87. The minimum Gasteiger partial charge on any atom is -0.356 e. The fourth-order valence-electron chi connectivity index (χ4n) is 1.76. The Morgan fingerprint density at radius 2 is 1.76 bits per heavy atom. The molecular weight excluding hydrogens is 266 g/mol. The van der Waals surface area contributed by atoms with Gasteiger partial charge in [-0.3, -0.25) is 9.59 Å². The summed E-state index contributed by atoms with van der Waals surface area (Å²) in [5.74, 6) is -0.219. The third-order valence-electron chi connectivity index (χ3n) is 3.18. The van der Waals surface area contributed by atoms with Crippen LogP contribution in [0.2, 0.25) is 0 Å². The van der Waals surface area contributed by atoms with Gasteiger partial charge in [0, 0.05) is 12.2 Å². The van der Waals surface area contributed by atoms with E-state index in [4.69, 9.17) is 5.73 Å². The Hall–Kier alpha value is -1.88. The molecule has 0 heterocycles. The number of anilines is 1. The lowest BCUT2D eigenvalue weighted by Gasteiger charge is -2.25. The second-order valence-corrected chi connectivity index (χ2v) is 6.16. The van der Waals surface area contributed by atoms with Crippen LogP contribution >= 0.6 is 0 Å². The van der Waals surface area contributed by atoms with Crippen LogP contribution in [0.25, 0.3) is 0 Å². The summed E-state index contributed by atoms with van der Waals surface area (Å²) in [5, 5.41) is 5.54. The highest BCUT2D eigenvalue weighted by Crippen LogP contribution is 2.19. The van der Waals surface area contributed by atoms with Crippen molar-refractivity contribution in [2.75, 3.05) is 11.9 Å². The van der Waals surface area contributed by atoms with E-state index in [0.717, 1.165) is 5.56 Å². The fraction of sp³-hybridized carbons (Fsp3) is 0.500. The highest BCUT2D eigenvalue weighted by atomic mass is 16.2. The predicted molar refractivity (Wildman–Crippen MR) is 84.9 cm³/mol. The topological polar surface area (TPSA) is 84.2 Å². The maximum absolute atomic E-state index is 12.0. The average Bonchev–Trinajstić information content (AvgIpc) is 2.39. The van der Waals surface area contributed by atoms with Gasteiger partial charge in [0.05, 0.1) is 12.5 Å². The van der Waals surface area contributed by atoms with E-state index in [1.165, 1.54) is 0 Å². The van der Waals surface area contributed by atoms with Gasteiger partial charge in [-0.2, -0.15) is 0 Å². The third-order valence-corrected chi connectivity index (χ3v) is 3.18. The Morgan fingerprint density at radius 3 is 2.24 bits per heavy atom. The van der Waals surface area contributed by atoms with Crippen molar-refractivity contribution in [2.45, 2.75) is 40.2 Å². The van der Waals surface area contributed by atoms with Crippen molar-refractivity contribution in [1.82, 2.24) is 5.32 Å². The van der Waals surface area contributed by atoms with Gasteiger partial charge in [0.2, 0.25) is 11.8 Å². The van der Waals surface area contributed by atoms with Crippen LogP contribution in [0.4, 0.5) is 5.69 Å². The summed E-state index contributed by atoms with van der Waals surface area (Å²) < 4.78 is 0. The van der Waals surface area contributed by atoms with Gasteiger partial charge in [-0.1, -0.05) is 32.9 Å². The first-order chi connectivity index (χ1) is 9.74. The molecule has 0 saturated heterocycles. The number of carbonyl (C=O) groups is 2. The Bertz CT molecular complexity index is 489. The first-order valence-corrected chi connectivity index (χ1v) is 7.16. The number of likely N-dealkylation sites (N-methyl/N-ethyl adjacent to an activating group) is 1. The molecule has 0 fully saturated rings. The maximum atomic E-state index is 12.0. The summed E-state index contributed by atoms with van der Waals surface area (Å²) in [5.41, 5.74) is 7.20. The van der Waals surface area contributed by atoms with Crippen molar-refractivity contribution in [1.29, 1.82) is 0 Å². The maximum Gasteiger partial charge on any atom is 0.241 e. The number of carbonyl (C=O) groups excluding carboxylic acids is 2. The minimum absolute atomic E-state index is 0.0101. The molecule has 0 saturated carbocycles. The predicted octanol–water partition coefficient (Wildman–Crippen LogP) is 1.68. The molecule has 1 unspecified atom stereocenters. The van der Waals surface area contributed by atoms with E-state index in [2.05, 4.69) is 10.6 Å². The van der Waals surface area contributed by atoms with Gasteiger partial charge in [-0.15, -0.1) is 0 Å². The Balaban J connectivity index is 2.63. The molecule has 0 spiro atoms. The molecule has 0 aliphatic heterocycles. The van der Waals surface area contributed by atoms with E-state index in [1.807, 2.05) is 39.8 Å². The molecule has 1 atom stereocenters. The monoisotopic (exact) mass is 291 g/mol. The molecule has 1 rings (SSSR count). The molecule has 0 radical (unpaired) electrons. The molecule has 4 N–H and O–H groups in total. The van der Waals surface area contributed by atoms with Crippen LogP contribution in [0.15, 0.2) is 24.3 Å². The first kappa shape index (κ1) is 17.2. The number of rotatable bonds is 5. The molecule has 2 amide bonds. The van der Waals surface area contributed by atoms with Gasteiger partial charge in [0.15, 0.2) is 0 Å². The Labute approximate surface area is 126 Å². The molecule has 0 bridgehead atoms. The van der Waals surface area contributed by atoms with Crippen LogP contribution < -0.4 is 16.4 Å². The second kappa shape index (κ2) is 7.22. The molecule has 1 aromatic carbocycles. The molecule has 0 aromatic heterocycles. The van der Waals surface area contributed by atoms with E-state index in [-0.39, 0.29) is 17.2 Å². The van der Waals surface area contributed by atoms with E-state index in [1.54, 1.807) is 12.1 Å². The van der Waals surface area contributed by atoms with Gasteiger partial charge in [-0.25, -0.2) is 0 Å². The van der Waals surface area contributed by atoms with Crippen molar-refractivity contribution in [2.24, 2.45) is 11.1 Å². The third kappa shape index (κ3) is 5.55. The van der Waals surface area contributed by atoms with E-state index in [9.17, 15) is 9.59 Å². The van der Waals surface area contributed by atoms with E-state index >= 15 is 0 Å². The van der Waals surface area contributed by atoms with Crippen LogP contribution in [0, 0.1) is 5.41 Å². The van der Waals surface area contributed by atoms with Crippen molar-refractivity contribution >= 4 is 17.5 Å². The minimum atomic E-state index is -0.576. The quantitative estimate of drug-likeness (QED) is 0.771. The summed E-state index contributed by atoms with van der Waals surface area (Å²) in [6.07, 6.45) is 0.337. The summed E-state index contributed by atoms with van der Waals surface area (Å²) >= 11 is 0. The molecule has 0 aliphatic carbocycles. The van der Waals surface area contributed by atoms with E-state index < -0.39 is 6.04 Å². The molecule has 1 aromatic rings. The SMILES string of the molecule is CCNC(=O)Cc1ccc(NC(=O)C(N)C(C)(C)C)cc1. The number of hydrogen-bond acceptors (Lipinski definition) is 3. The summed E-state index contributed by atoms with van der Waals surface area (Å²) in [6.45, 7) is 8.28. The standard InChI is InChI=1S/C16H25N3O2/c1-5-18-13(20)10-11-6-8-12(9-7-11)19-15(21)14(17)16(2,3)4/h6-9,14H,5,10,17H2,1-4H3,(H,18,20)(H,19,21). The average molecular weight is 291 g/mol. The lowest BCUT2D eigenvalue weighted by molar-refractivity contribution is -0.120. The molecule has 116 valence electrons. The van der Waals surface area contributed by atoms with Crippen LogP contribution in [-0.2, 0) is 16.0 Å². The van der Waals surface area contributed by atoms with Crippen LogP contribution in [0.3, 0.4) is 0 Å². The number of benzene rings is 1. The first-order valence-electron chi connectivity index (χ1n) is 7.16. The normalized spacial score (nSPS) is 12.6. The van der Waals surface area contributed by atoms with Gasteiger partial charge in [0.25, 0.3) is 0 Å². The van der Waals surface area contributed by atoms with Gasteiger partial charge in [-0.05, 0) is 30.0 Å². The number of hydrogen-bond donors (Lipinski definition) is 3. The number of nitrogens with two attached hydrogens (primary N) is 1.